The van der Waals surface area contributed by atoms with Gasteiger partial charge in [0.25, 0.3) is 0 Å². The van der Waals surface area contributed by atoms with Crippen LogP contribution in [0.1, 0.15) is 12.0 Å². The molecule has 0 bridgehead atoms. The molecule has 2 aromatic carbocycles. The van der Waals surface area contributed by atoms with Gasteiger partial charge in [-0.3, -0.25) is 9.59 Å². The van der Waals surface area contributed by atoms with E-state index >= 15 is 0 Å². The van der Waals surface area contributed by atoms with E-state index < -0.39 is 5.92 Å². The van der Waals surface area contributed by atoms with Gasteiger partial charge in [-0.05, 0) is 42.8 Å². The van der Waals surface area contributed by atoms with Crippen LogP contribution >= 0.6 is 23.2 Å². The lowest BCUT2D eigenvalue weighted by molar-refractivity contribution is -0.122. The van der Waals surface area contributed by atoms with E-state index in [2.05, 4.69) is 5.32 Å². The Bertz CT molecular complexity index is 807. The van der Waals surface area contributed by atoms with Crippen molar-refractivity contribution < 1.29 is 9.59 Å². The summed E-state index contributed by atoms with van der Waals surface area (Å²) in [5.74, 6) is -0.730. The topological polar surface area (TPSA) is 49.4 Å². The molecule has 124 valence electrons. The highest BCUT2D eigenvalue weighted by Gasteiger charge is 2.36. The summed E-state index contributed by atoms with van der Waals surface area (Å²) in [5, 5.41) is 3.80. The maximum Gasteiger partial charge on any atom is 0.229 e. The quantitative estimate of drug-likeness (QED) is 0.884. The molecule has 1 fully saturated rings. The van der Waals surface area contributed by atoms with Crippen molar-refractivity contribution in [3.8, 4) is 0 Å². The van der Waals surface area contributed by atoms with Gasteiger partial charge in [0.05, 0.1) is 16.6 Å². The molecule has 1 aliphatic rings. The minimum absolute atomic E-state index is 0.136. The number of benzene rings is 2. The second kappa shape index (κ2) is 6.83. The summed E-state index contributed by atoms with van der Waals surface area (Å²) in [5.41, 5.74) is 2.33. The van der Waals surface area contributed by atoms with E-state index in [1.165, 1.54) is 4.90 Å². The Morgan fingerprint density at radius 1 is 1.21 bits per heavy atom. The van der Waals surface area contributed by atoms with Gasteiger partial charge >= 0.3 is 0 Å². The van der Waals surface area contributed by atoms with Gasteiger partial charge in [0.2, 0.25) is 11.8 Å². The zero-order chi connectivity index (χ0) is 17.3. The Labute approximate surface area is 150 Å². The highest BCUT2D eigenvalue weighted by atomic mass is 35.5. The number of nitrogens with zero attached hydrogens (tertiary/aromatic N) is 1. The van der Waals surface area contributed by atoms with Gasteiger partial charge in [0.1, 0.15) is 0 Å². The largest absolute Gasteiger partial charge is 0.326 e. The van der Waals surface area contributed by atoms with Crippen LogP contribution in [-0.2, 0) is 9.59 Å². The third-order valence-corrected chi connectivity index (χ3v) is 4.54. The Hall–Kier alpha value is -2.04. The minimum atomic E-state index is -0.423. The first kappa shape index (κ1) is 16.8. The lowest BCUT2D eigenvalue weighted by Gasteiger charge is -2.18. The number of rotatable bonds is 3. The number of nitrogens with one attached hydrogen (secondary N) is 1. The summed E-state index contributed by atoms with van der Waals surface area (Å²) in [6.45, 7) is 2.24. The SMILES string of the molecule is Cc1cccc(NC(=O)[C@H]2CC(=O)N(c3cc(Cl)ccc3Cl)C2)c1. The number of halogens is 2. The van der Waals surface area contributed by atoms with E-state index in [0.717, 1.165) is 11.3 Å². The van der Waals surface area contributed by atoms with Crippen LogP contribution < -0.4 is 10.2 Å². The smallest absolute Gasteiger partial charge is 0.229 e. The second-order valence-electron chi connectivity index (χ2n) is 5.86. The van der Waals surface area contributed by atoms with Crippen molar-refractivity contribution in [1.82, 2.24) is 0 Å². The molecule has 1 N–H and O–H groups in total. The Morgan fingerprint density at radius 3 is 2.75 bits per heavy atom. The Balaban J connectivity index is 1.74. The Kier molecular flexibility index (Phi) is 4.78. The summed E-state index contributed by atoms with van der Waals surface area (Å²) >= 11 is 12.2. The number of carbonyl (C=O) groups is 2. The van der Waals surface area contributed by atoms with E-state index in [9.17, 15) is 9.59 Å². The van der Waals surface area contributed by atoms with Crippen molar-refractivity contribution >= 4 is 46.4 Å². The molecule has 1 aliphatic heterocycles. The molecule has 1 atom stereocenters. The molecule has 6 heteroatoms. The van der Waals surface area contributed by atoms with Crippen LogP contribution in [0.5, 0.6) is 0 Å². The van der Waals surface area contributed by atoms with Crippen molar-refractivity contribution in [2.75, 3.05) is 16.8 Å². The van der Waals surface area contributed by atoms with Gasteiger partial charge in [-0.1, -0.05) is 35.3 Å². The molecule has 2 aromatic rings. The molecular weight excluding hydrogens is 347 g/mol. The fourth-order valence-corrected chi connectivity index (χ4v) is 3.16. The highest BCUT2D eigenvalue weighted by Crippen LogP contribution is 2.33. The summed E-state index contributed by atoms with van der Waals surface area (Å²) in [4.78, 5) is 26.3. The first-order valence-corrected chi connectivity index (χ1v) is 8.32. The maximum atomic E-state index is 12.5. The van der Waals surface area contributed by atoms with Gasteiger partial charge in [0.15, 0.2) is 0 Å². The van der Waals surface area contributed by atoms with Crippen LogP contribution in [0.2, 0.25) is 10.0 Å². The lowest BCUT2D eigenvalue weighted by atomic mass is 10.1. The number of anilines is 2. The molecule has 0 aromatic heterocycles. The third kappa shape index (κ3) is 3.55. The van der Waals surface area contributed by atoms with Gasteiger partial charge in [0, 0.05) is 23.7 Å². The predicted molar refractivity (Wildman–Crippen MR) is 96.7 cm³/mol. The molecule has 2 amide bonds. The van der Waals surface area contributed by atoms with Crippen LogP contribution in [0, 0.1) is 12.8 Å². The van der Waals surface area contributed by atoms with E-state index in [0.29, 0.717) is 15.7 Å². The summed E-state index contributed by atoms with van der Waals surface area (Å²) in [6, 6.07) is 12.5. The van der Waals surface area contributed by atoms with Gasteiger partial charge in [-0.15, -0.1) is 0 Å². The molecular formula is C18H16Cl2N2O2. The molecule has 0 aliphatic carbocycles. The molecule has 0 spiro atoms. The standard InChI is InChI=1S/C18H16Cl2N2O2/c1-11-3-2-4-14(7-11)21-18(24)12-8-17(23)22(10-12)16-9-13(19)5-6-15(16)20/h2-7,9,12H,8,10H2,1H3,(H,21,24)/t12-/m0/s1. The molecule has 0 saturated carbocycles. The molecule has 3 rings (SSSR count). The van der Waals surface area contributed by atoms with Crippen LogP contribution in [0.4, 0.5) is 11.4 Å². The van der Waals surface area contributed by atoms with Crippen molar-refractivity contribution in [2.24, 2.45) is 5.92 Å². The number of aryl methyl sites for hydroxylation is 1. The summed E-state index contributed by atoms with van der Waals surface area (Å²) in [6.07, 6.45) is 0.153. The summed E-state index contributed by atoms with van der Waals surface area (Å²) < 4.78 is 0. The van der Waals surface area contributed by atoms with E-state index in [-0.39, 0.29) is 24.8 Å². The number of carbonyl (C=O) groups excluding carboxylic acids is 2. The first-order chi connectivity index (χ1) is 11.4. The molecule has 24 heavy (non-hydrogen) atoms. The molecule has 1 saturated heterocycles. The van der Waals surface area contributed by atoms with Crippen LogP contribution in [0.3, 0.4) is 0 Å². The van der Waals surface area contributed by atoms with E-state index in [1.54, 1.807) is 18.2 Å². The van der Waals surface area contributed by atoms with Gasteiger partial charge in [-0.2, -0.15) is 0 Å². The monoisotopic (exact) mass is 362 g/mol. The fourth-order valence-electron chi connectivity index (χ4n) is 2.78. The normalized spacial score (nSPS) is 17.2. The maximum absolute atomic E-state index is 12.5. The van der Waals surface area contributed by atoms with Crippen LogP contribution in [-0.4, -0.2) is 18.4 Å². The lowest BCUT2D eigenvalue weighted by Crippen LogP contribution is -2.28. The van der Waals surface area contributed by atoms with Gasteiger partial charge in [-0.25, -0.2) is 0 Å². The number of amides is 2. The second-order valence-corrected chi connectivity index (χ2v) is 6.70. The fraction of sp³-hybridized carbons (Fsp3) is 0.222. The molecule has 0 unspecified atom stereocenters. The first-order valence-electron chi connectivity index (χ1n) is 7.57. The van der Waals surface area contributed by atoms with Crippen molar-refractivity contribution in [3.05, 3.63) is 58.1 Å². The van der Waals surface area contributed by atoms with Gasteiger partial charge < -0.3 is 10.2 Å². The average Bonchev–Trinajstić information content (AvgIpc) is 2.92. The number of hydrogen-bond donors (Lipinski definition) is 1. The van der Waals surface area contributed by atoms with E-state index in [1.807, 2.05) is 31.2 Å². The predicted octanol–water partition coefficient (Wildman–Crippen LogP) is 4.29. The van der Waals surface area contributed by atoms with Crippen molar-refractivity contribution in [1.29, 1.82) is 0 Å². The van der Waals surface area contributed by atoms with Crippen molar-refractivity contribution in [3.63, 3.8) is 0 Å². The van der Waals surface area contributed by atoms with E-state index in [4.69, 9.17) is 23.2 Å². The average molecular weight is 363 g/mol. The number of hydrogen-bond acceptors (Lipinski definition) is 2. The highest BCUT2D eigenvalue weighted by molar-refractivity contribution is 6.36. The zero-order valence-electron chi connectivity index (χ0n) is 13.1. The molecule has 4 nitrogen and oxygen atoms in total. The van der Waals surface area contributed by atoms with Crippen LogP contribution in [0.15, 0.2) is 42.5 Å². The summed E-state index contributed by atoms with van der Waals surface area (Å²) in [7, 11) is 0. The van der Waals surface area contributed by atoms with Crippen LogP contribution in [0.25, 0.3) is 0 Å². The third-order valence-electron chi connectivity index (χ3n) is 3.98. The zero-order valence-corrected chi connectivity index (χ0v) is 14.6. The Morgan fingerprint density at radius 2 is 2.00 bits per heavy atom. The minimum Gasteiger partial charge on any atom is -0.326 e. The molecule has 0 radical (unpaired) electrons. The van der Waals surface area contributed by atoms with Crippen molar-refractivity contribution in [2.45, 2.75) is 13.3 Å². The molecule has 1 heterocycles.